The number of benzene rings is 1. The van der Waals surface area contributed by atoms with Crippen LogP contribution in [0.15, 0.2) is 66.9 Å². The van der Waals surface area contributed by atoms with Gasteiger partial charge in [0.1, 0.15) is 0 Å². The number of allylic oxidation sites excluding steroid dienone is 5. The third kappa shape index (κ3) is 4.45. The number of hydrogen-bond acceptors (Lipinski definition) is 2. The molecule has 2 nitrogen and oxygen atoms in total. The molecule has 1 aromatic rings. The standard InChI is InChI=1S/C20H25NO/c1-3-4-5-9-12-20(17(2)22)21-15-13-19(14-16-21)18-10-7-6-8-11-18/h3-8,10-12,19H,1,9,13-16H2,2H3/b5-4-,20-12-. The molecular formula is C20H25NO. The van der Waals surface area contributed by atoms with E-state index in [0.29, 0.717) is 5.92 Å². The van der Waals surface area contributed by atoms with Gasteiger partial charge < -0.3 is 4.90 Å². The third-order valence-electron chi connectivity index (χ3n) is 4.19. The van der Waals surface area contributed by atoms with Crippen molar-refractivity contribution in [2.45, 2.75) is 32.1 Å². The number of hydrogen-bond donors (Lipinski definition) is 0. The molecule has 2 heteroatoms. The second kappa shape index (κ2) is 8.38. The van der Waals surface area contributed by atoms with Crippen LogP contribution >= 0.6 is 0 Å². The van der Waals surface area contributed by atoms with E-state index in [1.807, 2.05) is 18.2 Å². The van der Waals surface area contributed by atoms with Crippen LogP contribution in [0.1, 0.15) is 37.7 Å². The molecule has 1 aromatic carbocycles. The van der Waals surface area contributed by atoms with E-state index in [2.05, 4.69) is 41.8 Å². The lowest BCUT2D eigenvalue weighted by Gasteiger charge is -2.34. The Kier molecular flexibility index (Phi) is 6.20. The van der Waals surface area contributed by atoms with Crippen molar-refractivity contribution in [3.05, 3.63) is 72.5 Å². The van der Waals surface area contributed by atoms with Crippen molar-refractivity contribution in [1.29, 1.82) is 0 Å². The summed E-state index contributed by atoms with van der Waals surface area (Å²) >= 11 is 0. The van der Waals surface area contributed by atoms with Crippen molar-refractivity contribution in [2.75, 3.05) is 13.1 Å². The first-order valence-electron chi connectivity index (χ1n) is 8.01. The zero-order valence-electron chi connectivity index (χ0n) is 13.4. The Hall–Kier alpha value is -2.09. The van der Waals surface area contributed by atoms with E-state index in [9.17, 15) is 4.79 Å². The van der Waals surface area contributed by atoms with Crippen molar-refractivity contribution >= 4 is 5.78 Å². The largest absolute Gasteiger partial charge is 0.369 e. The maximum Gasteiger partial charge on any atom is 0.175 e. The highest BCUT2D eigenvalue weighted by molar-refractivity contribution is 5.92. The van der Waals surface area contributed by atoms with Crippen LogP contribution in [0.25, 0.3) is 0 Å². The van der Waals surface area contributed by atoms with Gasteiger partial charge in [-0.25, -0.2) is 0 Å². The second-order valence-corrected chi connectivity index (χ2v) is 5.72. The summed E-state index contributed by atoms with van der Waals surface area (Å²) in [6, 6.07) is 10.7. The van der Waals surface area contributed by atoms with Crippen LogP contribution in [0.3, 0.4) is 0 Å². The van der Waals surface area contributed by atoms with E-state index in [4.69, 9.17) is 0 Å². The van der Waals surface area contributed by atoms with Gasteiger partial charge in [0.05, 0.1) is 5.70 Å². The Labute approximate surface area is 133 Å². The SMILES string of the molecule is C=C/C=C\C/C=C(/C(C)=O)N1CCC(c2ccccc2)CC1. The molecule has 1 heterocycles. The molecule has 22 heavy (non-hydrogen) atoms. The Morgan fingerprint density at radius 3 is 2.55 bits per heavy atom. The molecule has 1 aliphatic rings. The summed E-state index contributed by atoms with van der Waals surface area (Å²) in [5, 5.41) is 0. The Balaban J connectivity index is 1.97. The molecule has 0 aliphatic carbocycles. The van der Waals surface area contributed by atoms with Gasteiger partial charge in [0.15, 0.2) is 5.78 Å². The Morgan fingerprint density at radius 2 is 1.95 bits per heavy atom. The third-order valence-corrected chi connectivity index (χ3v) is 4.19. The number of rotatable bonds is 6. The van der Waals surface area contributed by atoms with Crippen molar-refractivity contribution in [3.8, 4) is 0 Å². The van der Waals surface area contributed by atoms with Crippen molar-refractivity contribution < 1.29 is 4.79 Å². The summed E-state index contributed by atoms with van der Waals surface area (Å²) in [5.41, 5.74) is 2.28. The molecule has 1 saturated heterocycles. The minimum Gasteiger partial charge on any atom is -0.369 e. The smallest absolute Gasteiger partial charge is 0.175 e. The molecule has 1 fully saturated rings. The summed E-state index contributed by atoms with van der Waals surface area (Å²) in [6.07, 6.45) is 10.7. The minimum absolute atomic E-state index is 0.158. The predicted octanol–water partition coefficient (Wildman–Crippen LogP) is 4.47. The lowest BCUT2D eigenvalue weighted by Crippen LogP contribution is -2.34. The van der Waals surface area contributed by atoms with Gasteiger partial charge in [-0.2, -0.15) is 0 Å². The van der Waals surface area contributed by atoms with Crippen LogP contribution in [0.5, 0.6) is 0 Å². The zero-order chi connectivity index (χ0) is 15.8. The summed E-state index contributed by atoms with van der Waals surface area (Å²) in [6.45, 7) is 7.22. The molecule has 0 amide bonds. The van der Waals surface area contributed by atoms with Crippen LogP contribution < -0.4 is 0 Å². The number of piperidine rings is 1. The molecule has 0 N–H and O–H groups in total. The van der Waals surface area contributed by atoms with E-state index in [1.165, 1.54) is 5.56 Å². The average Bonchev–Trinajstić information content (AvgIpc) is 2.56. The average molecular weight is 295 g/mol. The molecule has 0 spiro atoms. The topological polar surface area (TPSA) is 20.3 Å². The lowest BCUT2D eigenvalue weighted by atomic mass is 9.89. The monoisotopic (exact) mass is 295 g/mol. The predicted molar refractivity (Wildman–Crippen MR) is 92.7 cm³/mol. The van der Waals surface area contributed by atoms with E-state index in [-0.39, 0.29) is 5.78 Å². The molecule has 0 atom stereocenters. The molecule has 116 valence electrons. The highest BCUT2D eigenvalue weighted by Gasteiger charge is 2.23. The van der Waals surface area contributed by atoms with Crippen LogP contribution in [-0.2, 0) is 4.79 Å². The minimum atomic E-state index is 0.158. The van der Waals surface area contributed by atoms with Gasteiger partial charge in [0.2, 0.25) is 0 Å². The number of carbonyl (C=O) groups excluding carboxylic acids is 1. The van der Waals surface area contributed by atoms with Gasteiger partial charge in [0.25, 0.3) is 0 Å². The molecule has 0 bridgehead atoms. The first kappa shape index (κ1) is 16.3. The van der Waals surface area contributed by atoms with Crippen molar-refractivity contribution in [3.63, 3.8) is 0 Å². The summed E-state index contributed by atoms with van der Waals surface area (Å²) in [5.74, 6) is 0.775. The van der Waals surface area contributed by atoms with Crippen LogP contribution in [0.2, 0.25) is 0 Å². The first-order chi connectivity index (χ1) is 10.7. The molecule has 0 unspecified atom stereocenters. The Morgan fingerprint density at radius 1 is 1.27 bits per heavy atom. The summed E-state index contributed by atoms with van der Waals surface area (Å²) < 4.78 is 0. The highest BCUT2D eigenvalue weighted by atomic mass is 16.1. The molecule has 0 saturated carbocycles. The molecule has 1 aliphatic heterocycles. The number of carbonyl (C=O) groups is 1. The number of likely N-dealkylation sites (tertiary alicyclic amines) is 1. The first-order valence-corrected chi connectivity index (χ1v) is 8.01. The number of ketones is 1. The van der Waals surface area contributed by atoms with E-state index in [0.717, 1.165) is 38.0 Å². The van der Waals surface area contributed by atoms with Gasteiger partial charge in [-0.1, -0.05) is 61.2 Å². The fraction of sp³-hybridized carbons (Fsp3) is 0.350. The Bertz CT molecular complexity index is 548. The van der Waals surface area contributed by atoms with Crippen LogP contribution in [0, 0.1) is 0 Å². The molecular weight excluding hydrogens is 270 g/mol. The zero-order valence-corrected chi connectivity index (χ0v) is 13.4. The quantitative estimate of drug-likeness (QED) is 0.570. The molecule has 0 aromatic heterocycles. The second-order valence-electron chi connectivity index (χ2n) is 5.72. The van der Waals surface area contributed by atoms with Gasteiger partial charge in [-0.15, -0.1) is 0 Å². The van der Waals surface area contributed by atoms with E-state index >= 15 is 0 Å². The molecule has 2 rings (SSSR count). The van der Waals surface area contributed by atoms with Gasteiger partial charge in [-0.3, -0.25) is 4.79 Å². The van der Waals surface area contributed by atoms with Crippen molar-refractivity contribution in [1.82, 2.24) is 4.90 Å². The highest BCUT2D eigenvalue weighted by Crippen LogP contribution is 2.29. The van der Waals surface area contributed by atoms with E-state index in [1.54, 1.807) is 13.0 Å². The van der Waals surface area contributed by atoms with E-state index < -0.39 is 0 Å². The van der Waals surface area contributed by atoms with Crippen LogP contribution in [0.4, 0.5) is 0 Å². The molecule has 0 radical (unpaired) electrons. The fourth-order valence-corrected chi connectivity index (χ4v) is 3.03. The van der Waals surface area contributed by atoms with Gasteiger partial charge in [0, 0.05) is 20.0 Å². The normalized spacial score (nSPS) is 17.0. The number of Topliss-reactive ketones (excluding diaryl/α,β-unsaturated/α-hetero) is 1. The van der Waals surface area contributed by atoms with Gasteiger partial charge in [-0.05, 0) is 30.7 Å². The van der Waals surface area contributed by atoms with Crippen molar-refractivity contribution in [2.24, 2.45) is 0 Å². The fourth-order valence-electron chi connectivity index (χ4n) is 3.03. The maximum absolute atomic E-state index is 11.9. The summed E-state index contributed by atoms with van der Waals surface area (Å²) in [4.78, 5) is 14.1. The van der Waals surface area contributed by atoms with Crippen LogP contribution in [-0.4, -0.2) is 23.8 Å². The maximum atomic E-state index is 11.9. The van der Waals surface area contributed by atoms with Gasteiger partial charge >= 0.3 is 0 Å². The summed E-state index contributed by atoms with van der Waals surface area (Å²) in [7, 11) is 0. The number of nitrogens with zero attached hydrogens (tertiary/aromatic N) is 1. The lowest BCUT2D eigenvalue weighted by molar-refractivity contribution is -0.115.